The molecule has 7 heteroatoms. The van der Waals surface area contributed by atoms with Gasteiger partial charge in [0.2, 0.25) is 0 Å². The van der Waals surface area contributed by atoms with E-state index >= 15 is 0 Å². The second-order valence-corrected chi connectivity index (χ2v) is 6.92. The molecule has 4 rings (SSSR count). The quantitative estimate of drug-likeness (QED) is 0.351. The Kier molecular flexibility index (Phi) is 5.93. The van der Waals surface area contributed by atoms with Gasteiger partial charge in [-0.2, -0.15) is 0 Å². The smallest absolute Gasteiger partial charge is 0.138 e. The zero-order valence-corrected chi connectivity index (χ0v) is 17.0. The van der Waals surface area contributed by atoms with Crippen LogP contribution in [-0.4, -0.2) is 18.2 Å². The summed E-state index contributed by atoms with van der Waals surface area (Å²) in [5.41, 5.74) is 13.7. The minimum absolute atomic E-state index is 0.333. The summed E-state index contributed by atoms with van der Waals surface area (Å²) in [5, 5.41) is 4.20. The van der Waals surface area contributed by atoms with E-state index in [-0.39, 0.29) is 0 Å². The number of anilines is 2. The van der Waals surface area contributed by atoms with E-state index in [9.17, 15) is 0 Å². The van der Waals surface area contributed by atoms with E-state index in [1.54, 1.807) is 12.1 Å². The second kappa shape index (κ2) is 9.13. The molecule has 5 N–H and O–H groups in total. The standard InChI is InChI=1S/C24H24N4O3/c1-16(21-9-10-23(25)28-24(21)26)27-15-20-13-17-7-8-19(14-22(17)31-20)30-12-11-29-18-5-3-2-4-6-18/h2-10,13-14,27H,1,11-12,15H2,(H4,25,26,28). The highest BCUT2D eigenvalue weighted by Crippen LogP contribution is 2.25. The molecule has 0 spiro atoms. The Bertz CT molecular complexity index is 1190. The third-order valence-corrected chi connectivity index (χ3v) is 4.65. The maximum atomic E-state index is 5.94. The zero-order chi connectivity index (χ0) is 21.6. The Morgan fingerprint density at radius 1 is 0.935 bits per heavy atom. The molecule has 158 valence electrons. The van der Waals surface area contributed by atoms with Crippen LogP contribution in [-0.2, 0) is 6.54 Å². The van der Waals surface area contributed by atoms with Gasteiger partial charge in [-0.25, -0.2) is 4.98 Å². The van der Waals surface area contributed by atoms with Crippen LogP contribution in [0.3, 0.4) is 0 Å². The van der Waals surface area contributed by atoms with Gasteiger partial charge >= 0.3 is 0 Å². The number of nitrogens with two attached hydrogens (primary N) is 2. The van der Waals surface area contributed by atoms with Crippen molar-refractivity contribution in [1.29, 1.82) is 0 Å². The molecule has 0 atom stereocenters. The molecule has 0 aliphatic heterocycles. The molecule has 0 amide bonds. The summed E-state index contributed by atoms with van der Waals surface area (Å²) in [6, 6.07) is 20.8. The number of pyridine rings is 1. The number of hydrogen-bond donors (Lipinski definition) is 3. The average Bonchev–Trinajstić information content (AvgIpc) is 3.18. The molecule has 0 aliphatic rings. The summed E-state index contributed by atoms with van der Waals surface area (Å²) in [7, 11) is 0. The van der Waals surface area contributed by atoms with Crippen LogP contribution in [0.1, 0.15) is 11.3 Å². The highest BCUT2D eigenvalue weighted by atomic mass is 16.5. The van der Waals surface area contributed by atoms with Crippen LogP contribution < -0.4 is 26.3 Å². The molecular formula is C24H24N4O3. The summed E-state index contributed by atoms with van der Waals surface area (Å²) >= 11 is 0. The van der Waals surface area contributed by atoms with Crippen molar-refractivity contribution in [3.63, 3.8) is 0 Å². The molecule has 0 radical (unpaired) electrons. The lowest BCUT2D eigenvalue weighted by Crippen LogP contribution is -2.12. The van der Waals surface area contributed by atoms with Gasteiger partial charge in [0.05, 0.1) is 6.54 Å². The van der Waals surface area contributed by atoms with Crippen LogP contribution in [0.25, 0.3) is 16.7 Å². The van der Waals surface area contributed by atoms with E-state index in [0.717, 1.165) is 28.2 Å². The van der Waals surface area contributed by atoms with Gasteiger partial charge in [-0.05, 0) is 42.5 Å². The maximum Gasteiger partial charge on any atom is 0.138 e. The fourth-order valence-corrected chi connectivity index (χ4v) is 3.11. The number of fused-ring (bicyclic) bond motifs is 1. The van der Waals surface area contributed by atoms with Crippen LogP contribution in [0.2, 0.25) is 0 Å². The van der Waals surface area contributed by atoms with Crippen molar-refractivity contribution in [3.05, 3.63) is 84.6 Å². The number of benzene rings is 2. The Labute approximate surface area is 180 Å². The normalized spacial score (nSPS) is 10.7. The molecule has 0 saturated heterocycles. The summed E-state index contributed by atoms with van der Waals surface area (Å²) in [5.74, 6) is 3.02. The maximum absolute atomic E-state index is 5.94. The Balaban J connectivity index is 1.32. The first-order valence-corrected chi connectivity index (χ1v) is 9.87. The first-order chi connectivity index (χ1) is 15.1. The molecule has 0 aliphatic carbocycles. The third kappa shape index (κ3) is 5.08. The summed E-state index contributed by atoms with van der Waals surface area (Å²) in [4.78, 5) is 4.05. The van der Waals surface area contributed by atoms with E-state index < -0.39 is 0 Å². The summed E-state index contributed by atoms with van der Waals surface area (Å²) in [6.07, 6.45) is 0. The van der Waals surface area contributed by atoms with Gasteiger partial charge < -0.3 is 30.7 Å². The van der Waals surface area contributed by atoms with Crippen molar-refractivity contribution in [3.8, 4) is 11.5 Å². The topological polar surface area (TPSA) is 109 Å². The SMILES string of the molecule is C=C(NCc1cc2ccc(OCCOc3ccccc3)cc2o1)c1ccc(N)nc1N. The van der Waals surface area contributed by atoms with Crippen LogP contribution in [0.5, 0.6) is 11.5 Å². The number of ether oxygens (including phenoxy) is 2. The molecule has 2 aromatic carbocycles. The van der Waals surface area contributed by atoms with E-state index in [0.29, 0.717) is 42.7 Å². The number of hydrogen-bond acceptors (Lipinski definition) is 7. The molecule has 4 aromatic rings. The monoisotopic (exact) mass is 416 g/mol. The number of nitrogens with one attached hydrogen (secondary N) is 1. The molecule has 7 nitrogen and oxygen atoms in total. The summed E-state index contributed by atoms with van der Waals surface area (Å²) < 4.78 is 17.4. The molecule has 0 unspecified atom stereocenters. The Hall–Kier alpha value is -4.13. The van der Waals surface area contributed by atoms with E-state index in [4.69, 9.17) is 25.4 Å². The highest BCUT2D eigenvalue weighted by molar-refractivity contribution is 5.79. The van der Waals surface area contributed by atoms with Gasteiger partial charge in [0.1, 0.15) is 47.7 Å². The number of nitrogens with zero attached hydrogens (tertiary/aromatic N) is 1. The summed E-state index contributed by atoms with van der Waals surface area (Å²) in [6.45, 7) is 5.37. The van der Waals surface area contributed by atoms with Gasteiger partial charge in [0, 0.05) is 22.7 Å². The number of para-hydroxylation sites is 1. The van der Waals surface area contributed by atoms with Crippen molar-refractivity contribution in [1.82, 2.24) is 10.3 Å². The van der Waals surface area contributed by atoms with Crippen molar-refractivity contribution in [2.45, 2.75) is 6.54 Å². The van der Waals surface area contributed by atoms with Crippen molar-refractivity contribution < 1.29 is 13.9 Å². The number of rotatable bonds is 9. The predicted octanol–water partition coefficient (Wildman–Crippen LogP) is 4.21. The van der Waals surface area contributed by atoms with Gasteiger partial charge in [-0.3, -0.25) is 0 Å². The first-order valence-electron chi connectivity index (χ1n) is 9.87. The lowest BCUT2D eigenvalue weighted by molar-refractivity contribution is 0.217. The minimum atomic E-state index is 0.333. The molecular weight excluding hydrogens is 392 g/mol. The third-order valence-electron chi connectivity index (χ3n) is 4.65. The number of nitrogen functional groups attached to an aromatic ring is 2. The van der Waals surface area contributed by atoms with Gasteiger partial charge in [-0.1, -0.05) is 24.8 Å². The number of aromatic nitrogens is 1. The van der Waals surface area contributed by atoms with Crippen molar-refractivity contribution >= 4 is 28.3 Å². The van der Waals surface area contributed by atoms with Crippen LogP contribution in [0, 0.1) is 0 Å². The molecule has 2 aromatic heterocycles. The minimum Gasteiger partial charge on any atom is -0.490 e. The van der Waals surface area contributed by atoms with E-state index in [1.807, 2.05) is 54.6 Å². The van der Waals surface area contributed by atoms with Gasteiger partial charge in [0.25, 0.3) is 0 Å². The Morgan fingerprint density at radius 2 is 1.71 bits per heavy atom. The molecule has 0 fully saturated rings. The lowest BCUT2D eigenvalue weighted by Gasteiger charge is -2.10. The fourth-order valence-electron chi connectivity index (χ4n) is 3.11. The molecule has 31 heavy (non-hydrogen) atoms. The van der Waals surface area contributed by atoms with Crippen molar-refractivity contribution in [2.24, 2.45) is 0 Å². The average molecular weight is 416 g/mol. The highest BCUT2D eigenvalue weighted by Gasteiger charge is 2.09. The lowest BCUT2D eigenvalue weighted by atomic mass is 10.2. The van der Waals surface area contributed by atoms with E-state index in [2.05, 4.69) is 16.9 Å². The van der Waals surface area contributed by atoms with E-state index in [1.165, 1.54) is 0 Å². The van der Waals surface area contributed by atoms with Crippen molar-refractivity contribution in [2.75, 3.05) is 24.7 Å². The zero-order valence-electron chi connectivity index (χ0n) is 17.0. The Morgan fingerprint density at radius 3 is 2.48 bits per heavy atom. The molecule has 0 bridgehead atoms. The first kappa shape index (κ1) is 20.2. The molecule has 0 saturated carbocycles. The van der Waals surface area contributed by atoms with Crippen LogP contribution in [0.4, 0.5) is 11.6 Å². The number of furan rings is 1. The largest absolute Gasteiger partial charge is 0.490 e. The predicted molar refractivity (Wildman–Crippen MR) is 123 cm³/mol. The van der Waals surface area contributed by atoms with Gasteiger partial charge in [-0.15, -0.1) is 0 Å². The molecule has 2 heterocycles. The van der Waals surface area contributed by atoms with Gasteiger partial charge in [0.15, 0.2) is 0 Å². The fraction of sp³-hybridized carbons (Fsp3) is 0.125. The van der Waals surface area contributed by atoms with Crippen LogP contribution in [0.15, 0.2) is 77.7 Å². The van der Waals surface area contributed by atoms with Crippen LogP contribution >= 0.6 is 0 Å². The second-order valence-electron chi connectivity index (χ2n) is 6.92.